The van der Waals surface area contributed by atoms with Crippen molar-refractivity contribution < 1.29 is 14.3 Å². The highest BCUT2D eigenvalue weighted by Gasteiger charge is 2.16. The molecule has 6 heteroatoms. The molecule has 23 heavy (non-hydrogen) atoms. The summed E-state index contributed by atoms with van der Waals surface area (Å²) in [5, 5.41) is 2.76. The molecule has 2 aromatic rings. The Kier molecular flexibility index (Phi) is 5.96. The molecule has 0 aliphatic carbocycles. The molecule has 2 aromatic carbocycles. The van der Waals surface area contributed by atoms with Crippen LogP contribution in [0.1, 0.15) is 24.2 Å². The lowest BCUT2D eigenvalue weighted by atomic mass is 10.1. The molecular formula is C17H15Br2NO3. The third kappa shape index (κ3) is 4.91. The lowest BCUT2D eigenvalue weighted by Gasteiger charge is -2.16. The van der Waals surface area contributed by atoms with E-state index in [4.69, 9.17) is 4.74 Å². The van der Waals surface area contributed by atoms with Crippen LogP contribution in [0.5, 0.6) is 5.75 Å². The monoisotopic (exact) mass is 439 g/mol. The van der Waals surface area contributed by atoms with Crippen LogP contribution in [0.3, 0.4) is 0 Å². The molecule has 0 radical (unpaired) electrons. The minimum absolute atomic E-state index is 0.0142. The van der Waals surface area contributed by atoms with Gasteiger partial charge in [-0.1, -0.05) is 15.9 Å². The summed E-state index contributed by atoms with van der Waals surface area (Å²) in [6, 6.07) is 12.2. The van der Waals surface area contributed by atoms with Gasteiger partial charge in [0.15, 0.2) is 11.9 Å². The minimum atomic E-state index is -0.667. The number of benzene rings is 2. The van der Waals surface area contributed by atoms with Crippen LogP contribution in [0.15, 0.2) is 51.4 Å². The largest absolute Gasteiger partial charge is 0.480 e. The van der Waals surface area contributed by atoms with Gasteiger partial charge in [0, 0.05) is 15.7 Å². The Balaban J connectivity index is 2.00. The van der Waals surface area contributed by atoms with Gasteiger partial charge >= 0.3 is 0 Å². The number of amides is 1. The second-order valence-electron chi connectivity index (χ2n) is 4.96. The Labute approximate surface area is 151 Å². The molecule has 0 saturated heterocycles. The van der Waals surface area contributed by atoms with E-state index in [0.717, 1.165) is 8.95 Å². The molecule has 1 amide bonds. The average Bonchev–Trinajstić information content (AvgIpc) is 2.50. The van der Waals surface area contributed by atoms with Crippen molar-refractivity contribution in [3.8, 4) is 5.75 Å². The third-order valence-electron chi connectivity index (χ3n) is 3.13. The number of ketones is 1. The zero-order valence-corrected chi connectivity index (χ0v) is 15.8. The van der Waals surface area contributed by atoms with E-state index in [1.165, 1.54) is 6.92 Å². The summed E-state index contributed by atoms with van der Waals surface area (Å²) in [6.45, 7) is 3.17. The Bertz CT molecular complexity index is 729. The van der Waals surface area contributed by atoms with Crippen LogP contribution in [0.25, 0.3) is 0 Å². The first-order valence-electron chi connectivity index (χ1n) is 6.90. The van der Waals surface area contributed by atoms with Gasteiger partial charge in [0.2, 0.25) is 0 Å². The summed E-state index contributed by atoms with van der Waals surface area (Å²) >= 11 is 6.76. The van der Waals surface area contributed by atoms with E-state index in [-0.39, 0.29) is 11.7 Å². The Morgan fingerprint density at radius 2 is 1.74 bits per heavy atom. The summed E-state index contributed by atoms with van der Waals surface area (Å²) in [4.78, 5) is 23.4. The lowest BCUT2D eigenvalue weighted by molar-refractivity contribution is -0.122. The third-order valence-corrected chi connectivity index (χ3v) is 4.24. The molecule has 0 fully saturated rings. The maximum atomic E-state index is 12.2. The van der Waals surface area contributed by atoms with Crippen molar-refractivity contribution in [3.05, 3.63) is 57.0 Å². The number of carbonyl (C=O) groups excluding carboxylic acids is 2. The van der Waals surface area contributed by atoms with Gasteiger partial charge in [-0.2, -0.15) is 0 Å². The number of hydrogen-bond donors (Lipinski definition) is 1. The van der Waals surface area contributed by atoms with Crippen molar-refractivity contribution in [2.45, 2.75) is 20.0 Å². The topological polar surface area (TPSA) is 55.4 Å². The Morgan fingerprint density at radius 3 is 2.30 bits per heavy atom. The zero-order chi connectivity index (χ0) is 17.0. The van der Waals surface area contributed by atoms with Crippen molar-refractivity contribution in [1.29, 1.82) is 0 Å². The highest BCUT2D eigenvalue weighted by atomic mass is 79.9. The van der Waals surface area contributed by atoms with Crippen molar-refractivity contribution in [2.24, 2.45) is 0 Å². The fourth-order valence-corrected chi connectivity index (χ4v) is 2.99. The number of carbonyl (C=O) groups is 2. The fraction of sp³-hybridized carbons (Fsp3) is 0.176. The van der Waals surface area contributed by atoms with Gasteiger partial charge < -0.3 is 10.1 Å². The summed E-state index contributed by atoms with van der Waals surface area (Å²) in [5.74, 6) is 0.304. The molecule has 1 atom stereocenters. The van der Waals surface area contributed by atoms with E-state index in [0.29, 0.717) is 17.0 Å². The molecular weight excluding hydrogens is 426 g/mol. The van der Waals surface area contributed by atoms with Gasteiger partial charge in [-0.05, 0) is 72.2 Å². The number of hydrogen-bond acceptors (Lipinski definition) is 3. The Morgan fingerprint density at radius 1 is 1.09 bits per heavy atom. The van der Waals surface area contributed by atoms with Crippen LogP contribution in [-0.4, -0.2) is 17.8 Å². The molecule has 0 aliphatic heterocycles. The molecule has 2 rings (SSSR count). The summed E-state index contributed by atoms with van der Waals surface area (Å²) in [6.07, 6.45) is -0.667. The minimum Gasteiger partial charge on any atom is -0.480 e. The van der Waals surface area contributed by atoms with Gasteiger partial charge in [0.1, 0.15) is 5.75 Å². The van der Waals surface area contributed by atoms with Gasteiger partial charge in [0.05, 0.1) is 4.47 Å². The highest BCUT2D eigenvalue weighted by molar-refractivity contribution is 9.11. The van der Waals surface area contributed by atoms with Crippen LogP contribution in [0, 0.1) is 0 Å². The predicted molar refractivity (Wildman–Crippen MR) is 97.0 cm³/mol. The molecule has 0 aromatic heterocycles. The Hall–Kier alpha value is -1.66. The number of anilines is 1. The van der Waals surface area contributed by atoms with Crippen molar-refractivity contribution >= 4 is 49.2 Å². The average molecular weight is 441 g/mol. The maximum Gasteiger partial charge on any atom is 0.265 e. The first-order valence-corrected chi connectivity index (χ1v) is 8.49. The molecule has 0 heterocycles. The molecule has 4 nitrogen and oxygen atoms in total. The molecule has 0 unspecified atom stereocenters. The second-order valence-corrected chi connectivity index (χ2v) is 6.73. The molecule has 1 N–H and O–H groups in total. The van der Waals surface area contributed by atoms with Gasteiger partial charge in [0.25, 0.3) is 5.91 Å². The number of ether oxygens (including phenoxy) is 1. The summed E-state index contributed by atoms with van der Waals surface area (Å²) in [7, 11) is 0. The maximum absolute atomic E-state index is 12.2. The van der Waals surface area contributed by atoms with Gasteiger partial charge in [-0.25, -0.2) is 0 Å². The lowest BCUT2D eigenvalue weighted by Crippen LogP contribution is -2.30. The van der Waals surface area contributed by atoms with Crippen LogP contribution in [-0.2, 0) is 4.79 Å². The van der Waals surface area contributed by atoms with Gasteiger partial charge in [-0.15, -0.1) is 0 Å². The van der Waals surface area contributed by atoms with Crippen LogP contribution < -0.4 is 10.1 Å². The van der Waals surface area contributed by atoms with E-state index >= 15 is 0 Å². The second kappa shape index (κ2) is 7.75. The van der Waals surface area contributed by atoms with E-state index < -0.39 is 6.10 Å². The smallest absolute Gasteiger partial charge is 0.265 e. The standard InChI is InChI=1S/C17H15Br2NO3/c1-10(21)12-3-6-14(7-4-12)20-17(22)11(2)23-16-8-5-13(18)9-15(16)19/h3-9,11H,1-2H3,(H,20,22)/t11-/m0/s1. The van der Waals surface area contributed by atoms with Gasteiger partial charge in [-0.3, -0.25) is 9.59 Å². The van der Waals surface area contributed by atoms with Crippen molar-refractivity contribution in [3.63, 3.8) is 0 Å². The highest BCUT2D eigenvalue weighted by Crippen LogP contribution is 2.29. The molecule has 0 aliphatic rings. The first-order chi connectivity index (χ1) is 10.9. The van der Waals surface area contributed by atoms with Crippen molar-refractivity contribution in [1.82, 2.24) is 0 Å². The number of Topliss-reactive ketones (excluding diaryl/α,β-unsaturated/α-hetero) is 1. The van der Waals surface area contributed by atoms with E-state index in [1.54, 1.807) is 37.3 Å². The number of halogens is 2. The molecule has 0 saturated carbocycles. The SMILES string of the molecule is CC(=O)c1ccc(NC(=O)[C@H](C)Oc2ccc(Br)cc2Br)cc1. The van der Waals surface area contributed by atoms with Crippen LogP contribution in [0.4, 0.5) is 5.69 Å². The van der Waals surface area contributed by atoms with E-state index in [9.17, 15) is 9.59 Å². The van der Waals surface area contributed by atoms with E-state index in [1.807, 2.05) is 12.1 Å². The number of nitrogens with one attached hydrogen (secondary N) is 1. The predicted octanol–water partition coefficient (Wildman–Crippen LogP) is 4.82. The van der Waals surface area contributed by atoms with E-state index in [2.05, 4.69) is 37.2 Å². The molecule has 120 valence electrons. The zero-order valence-electron chi connectivity index (χ0n) is 12.6. The molecule has 0 bridgehead atoms. The normalized spacial score (nSPS) is 11.7. The quantitative estimate of drug-likeness (QED) is 0.678. The summed E-state index contributed by atoms with van der Waals surface area (Å²) in [5.41, 5.74) is 1.22. The molecule has 0 spiro atoms. The fourth-order valence-electron chi connectivity index (χ4n) is 1.85. The summed E-state index contributed by atoms with van der Waals surface area (Å²) < 4.78 is 7.34. The first kappa shape index (κ1) is 17.7. The van der Waals surface area contributed by atoms with Crippen LogP contribution in [0.2, 0.25) is 0 Å². The van der Waals surface area contributed by atoms with Crippen LogP contribution >= 0.6 is 31.9 Å². The number of rotatable bonds is 5. The van der Waals surface area contributed by atoms with Crippen molar-refractivity contribution in [2.75, 3.05) is 5.32 Å².